The van der Waals surface area contributed by atoms with Gasteiger partial charge in [0.25, 0.3) is 0 Å². The molecule has 0 atom stereocenters. The Kier molecular flexibility index (Phi) is 10.6. The van der Waals surface area contributed by atoms with E-state index < -0.39 is 0 Å². The lowest BCUT2D eigenvalue weighted by molar-refractivity contribution is -0.127. The summed E-state index contributed by atoms with van der Waals surface area (Å²) in [6, 6.07) is 11.1. The molecule has 0 bridgehead atoms. The number of aliphatic imine (C=N–C) groups is 1. The van der Waals surface area contributed by atoms with Crippen molar-refractivity contribution in [3.05, 3.63) is 35.9 Å². The van der Waals surface area contributed by atoms with Crippen LogP contribution in [0.5, 0.6) is 0 Å². The third kappa shape index (κ3) is 9.31. The van der Waals surface area contributed by atoms with Crippen LogP contribution >= 0.6 is 0 Å². The number of rotatable bonds is 10. The smallest absolute Gasteiger partial charge is 0.243 e. The van der Waals surface area contributed by atoms with E-state index in [9.17, 15) is 4.79 Å². The molecule has 0 spiro atoms. The minimum absolute atomic E-state index is 0.0229. The maximum atomic E-state index is 11.9. The van der Waals surface area contributed by atoms with Gasteiger partial charge >= 0.3 is 0 Å². The lowest BCUT2D eigenvalue weighted by Gasteiger charge is -2.33. The first kappa shape index (κ1) is 23.2. The first-order chi connectivity index (χ1) is 14.1. The number of carbonyl (C=O) groups excluding carboxylic acids is 1. The number of hydrogen-bond acceptors (Lipinski definition) is 3. The van der Waals surface area contributed by atoms with Crippen LogP contribution in [-0.2, 0) is 11.3 Å². The van der Waals surface area contributed by atoms with Gasteiger partial charge in [0.1, 0.15) is 6.54 Å². The van der Waals surface area contributed by atoms with Crippen LogP contribution in [0.1, 0.15) is 51.0 Å². The molecule has 2 rings (SSSR count). The molecule has 0 radical (unpaired) electrons. The van der Waals surface area contributed by atoms with Crippen molar-refractivity contribution in [2.24, 2.45) is 4.99 Å². The predicted molar refractivity (Wildman–Crippen MR) is 121 cm³/mol. The Morgan fingerprint density at radius 3 is 2.52 bits per heavy atom. The minimum atomic E-state index is 0.0229. The lowest BCUT2D eigenvalue weighted by Crippen LogP contribution is -2.49. The van der Waals surface area contributed by atoms with E-state index in [1.54, 1.807) is 19.0 Å². The van der Waals surface area contributed by atoms with E-state index >= 15 is 0 Å². The molecule has 1 aliphatic rings. The number of unbranched alkanes of at least 4 members (excludes halogenated alkanes) is 3. The number of carbonyl (C=O) groups is 1. The molecule has 6 nitrogen and oxygen atoms in total. The molecule has 0 aliphatic carbocycles. The molecule has 0 aromatic heterocycles. The van der Waals surface area contributed by atoms with E-state index in [0.29, 0.717) is 6.04 Å². The second-order valence-corrected chi connectivity index (χ2v) is 8.12. The van der Waals surface area contributed by atoms with Crippen LogP contribution in [0.25, 0.3) is 0 Å². The van der Waals surface area contributed by atoms with Gasteiger partial charge in [-0.05, 0) is 24.8 Å². The van der Waals surface area contributed by atoms with Crippen molar-refractivity contribution < 1.29 is 4.79 Å². The molecule has 1 amide bonds. The molecule has 29 heavy (non-hydrogen) atoms. The average Bonchev–Trinajstić information content (AvgIpc) is 2.73. The first-order valence-electron chi connectivity index (χ1n) is 11.1. The van der Waals surface area contributed by atoms with Gasteiger partial charge in [-0.3, -0.25) is 9.69 Å². The summed E-state index contributed by atoms with van der Waals surface area (Å²) in [6.07, 6.45) is 7.03. The molecule has 1 aliphatic heterocycles. The molecule has 1 heterocycles. The van der Waals surface area contributed by atoms with Crippen LogP contribution in [0.4, 0.5) is 0 Å². The molecule has 0 saturated carbocycles. The number of benzene rings is 1. The molecular weight excluding hydrogens is 362 g/mol. The SMILES string of the molecule is CCCCCCNC(=NCC(=O)N(C)C)NC1CCN(Cc2ccccc2)CC1. The van der Waals surface area contributed by atoms with Crippen LogP contribution < -0.4 is 10.6 Å². The van der Waals surface area contributed by atoms with E-state index in [-0.39, 0.29) is 12.5 Å². The Hall–Kier alpha value is -2.08. The van der Waals surface area contributed by atoms with E-state index in [2.05, 4.69) is 57.8 Å². The highest BCUT2D eigenvalue weighted by atomic mass is 16.2. The molecule has 1 fully saturated rings. The fourth-order valence-electron chi connectivity index (χ4n) is 3.47. The van der Waals surface area contributed by atoms with Gasteiger partial charge in [-0.1, -0.05) is 56.5 Å². The van der Waals surface area contributed by atoms with Crippen molar-refractivity contribution in [1.29, 1.82) is 0 Å². The van der Waals surface area contributed by atoms with E-state index in [1.807, 2.05) is 0 Å². The summed E-state index contributed by atoms with van der Waals surface area (Å²) in [5.41, 5.74) is 1.37. The number of nitrogens with zero attached hydrogens (tertiary/aromatic N) is 3. The second kappa shape index (κ2) is 13.2. The van der Waals surface area contributed by atoms with E-state index in [1.165, 1.54) is 24.8 Å². The van der Waals surface area contributed by atoms with Crippen molar-refractivity contribution in [2.75, 3.05) is 40.3 Å². The Balaban J connectivity index is 1.80. The zero-order valence-electron chi connectivity index (χ0n) is 18.5. The number of amides is 1. The number of likely N-dealkylation sites (N-methyl/N-ethyl adjacent to an activating group) is 1. The number of nitrogens with one attached hydrogen (secondary N) is 2. The highest BCUT2D eigenvalue weighted by molar-refractivity contribution is 5.84. The largest absolute Gasteiger partial charge is 0.356 e. The molecule has 162 valence electrons. The maximum absolute atomic E-state index is 11.9. The molecule has 1 saturated heterocycles. The predicted octanol–water partition coefficient (Wildman–Crippen LogP) is 2.85. The van der Waals surface area contributed by atoms with Crippen molar-refractivity contribution in [3.63, 3.8) is 0 Å². The summed E-state index contributed by atoms with van der Waals surface area (Å²) in [7, 11) is 3.54. The second-order valence-electron chi connectivity index (χ2n) is 8.12. The van der Waals surface area contributed by atoms with Crippen LogP contribution in [0.15, 0.2) is 35.3 Å². The molecular formula is C23H39N5O. The van der Waals surface area contributed by atoms with Crippen molar-refractivity contribution in [3.8, 4) is 0 Å². The van der Waals surface area contributed by atoms with Crippen LogP contribution in [-0.4, -0.2) is 68.0 Å². The Morgan fingerprint density at radius 2 is 1.86 bits per heavy atom. The van der Waals surface area contributed by atoms with Crippen LogP contribution in [0.2, 0.25) is 0 Å². The van der Waals surface area contributed by atoms with Gasteiger partial charge in [0.05, 0.1) is 0 Å². The van der Waals surface area contributed by atoms with E-state index in [4.69, 9.17) is 0 Å². The van der Waals surface area contributed by atoms with Gasteiger partial charge in [-0.15, -0.1) is 0 Å². The van der Waals surface area contributed by atoms with Gasteiger partial charge in [0, 0.05) is 46.3 Å². The summed E-state index contributed by atoms with van der Waals surface area (Å²) in [5, 5.41) is 6.99. The molecule has 6 heteroatoms. The normalized spacial score (nSPS) is 15.9. The van der Waals surface area contributed by atoms with Crippen molar-refractivity contribution in [2.45, 2.75) is 58.0 Å². The van der Waals surface area contributed by atoms with Crippen molar-refractivity contribution >= 4 is 11.9 Å². The van der Waals surface area contributed by atoms with Gasteiger partial charge in [0.2, 0.25) is 5.91 Å². The summed E-state index contributed by atoms with van der Waals surface area (Å²) in [6.45, 7) is 6.47. The first-order valence-corrected chi connectivity index (χ1v) is 11.1. The zero-order valence-corrected chi connectivity index (χ0v) is 18.5. The Morgan fingerprint density at radius 1 is 1.14 bits per heavy atom. The standard InChI is InChI=1S/C23H39N5O/c1-4-5-6-10-15-24-23(25-18-22(29)27(2)3)26-21-13-16-28(17-14-21)19-20-11-8-7-9-12-20/h7-9,11-12,21H,4-6,10,13-19H2,1-3H3,(H2,24,25,26). The topological polar surface area (TPSA) is 60.0 Å². The van der Waals surface area contributed by atoms with Crippen LogP contribution in [0, 0.1) is 0 Å². The molecule has 1 aromatic carbocycles. The molecule has 1 aromatic rings. The fourth-order valence-corrected chi connectivity index (χ4v) is 3.47. The average molecular weight is 402 g/mol. The Bertz CT molecular complexity index is 609. The van der Waals surface area contributed by atoms with Gasteiger partial charge < -0.3 is 15.5 Å². The number of piperidine rings is 1. The quantitative estimate of drug-likeness (QED) is 0.360. The van der Waals surface area contributed by atoms with Crippen LogP contribution in [0.3, 0.4) is 0 Å². The maximum Gasteiger partial charge on any atom is 0.243 e. The number of guanidine groups is 1. The number of hydrogen-bond donors (Lipinski definition) is 2. The molecule has 0 unspecified atom stereocenters. The fraction of sp³-hybridized carbons (Fsp3) is 0.652. The van der Waals surface area contributed by atoms with Crippen molar-refractivity contribution in [1.82, 2.24) is 20.4 Å². The number of likely N-dealkylation sites (tertiary alicyclic amines) is 1. The highest BCUT2D eigenvalue weighted by Gasteiger charge is 2.20. The third-order valence-electron chi connectivity index (χ3n) is 5.37. The van der Waals surface area contributed by atoms with Gasteiger partial charge in [0.15, 0.2) is 5.96 Å². The Labute approximate surface area is 176 Å². The van der Waals surface area contributed by atoms with Gasteiger partial charge in [-0.25, -0.2) is 4.99 Å². The monoisotopic (exact) mass is 401 g/mol. The zero-order chi connectivity index (χ0) is 20.9. The highest BCUT2D eigenvalue weighted by Crippen LogP contribution is 2.13. The third-order valence-corrected chi connectivity index (χ3v) is 5.37. The van der Waals surface area contributed by atoms with Gasteiger partial charge in [-0.2, -0.15) is 0 Å². The molecule has 2 N–H and O–H groups in total. The van der Waals surface area contributed by atoms with E-state index in [0.717, 1.165) is 51.4 Å². The summed E-state index contributed by atoms with van der Waals surface area (Å²) < 4.78 is 0. The summed E-state index contributed by atoms with van der Waals surface area (Å²) in [5.74, 6) is 0.799. The summed E-state index contributed by atoms with van der Waals surface area (Å²) in [4.78, 5) is 20.6. The lowest BCUT2D eigenvalue weighted by atomic mass is 10.0. The minimum Gasteiger partial charge on any atom is -0.356 e. The summed E-state index contributed by atoms with van der Waals surface area (Å²) >= 11 is 0.